The zero-order valence-corrected chi connectivity index (χ0v) is 31.1. The number of anilines is 2. The maximum atomic E-state index is 3.80. The molecule has 0 heterocycles. The van der Waals surface area contributed by atoms with E-state index in [1.807, 2.05) is 12.2 Å². The summed E-state index contributed by atoms with van der Waals surface area (Å²) in [6, 6.07) is 61.4. The molecule has 7 aromatic carbocycles. The van der Waals surface area contributed by atoms with Gasteiger partial charge in [0.1, 0.15) is 0 Å². The molecule has 8 rings (SSSR count). The van der Waals surface area contributed by atoms with E-state index in [1.54, 1.807) is 6.08 Å². The minimum atomic E-state index is 0.864. The van der Waals surface area contributed by atoms with E-state index in [0.717, 1.165) is 23.5 Å². The summed E-state index contributed by atoms with van der Waals surface area (Å²) in [6.07, 6.45) is 17.8. The second-order valence-electron chi connectivity index (χ2n) is 13.8. The molecule has 0 aliphatic heterocycles. The third-order valence-electron chi connectivity index (χ3n) is 10.3. The molecule has 0 unspecified atom stereocenters. The Morgan fingerprint density at radius 3 is 1.78 bits per heavy atom. The number of benzene rings is 7. The van der Waals surface area contributed by atoms with Gasteiger partial charge in [0.2, 0.25) is 0 Å². The van der Waals surface area contributed by atoms with Crippen molar-refractivity contribution >= 4 is 22.1 Å². The lowest BCUT2D eigenvalue weighted by Crippen LogP contribution is -2.15. The molecule has 0 saturated heterocycles. The van der Waals surface area contributed by atoms with E-state index in [0.29, 0.717) is 0 Å². The Balaban J connectivity index is 1.17. The van der Waals surface area contributed by atoms with Gasteiger partial charge in [0, 0.05) is 17.1 Å². The molecule has 1 heteroatoms. The van der Waals surface area contributed by atoms with Crippen molar-refractivity contribution in [2.24, 2.45) is 0 Å². The van der Waals surface area contributed by atoms with Gasteiger partial charge in [-0.25, -0.2) is 0 Å². The molecule has 0 saturated carbocycles. The summed E-state index contributed by atoms with van der Waals surface area (Å²) in [7, 11) is 0. The predicted octanol–water partition coefficient (Wildman–Crippen LogP) is 15.1. The highest BCUT2D eigenvalue weighted by Crippen LogP contribution is 2.39. The Kier molecular flexibility index (Phi) is 10.4. The minimum Gasteiger partial charge on any atom is -0.311 e. The summed E-state index contributed by atoms with van der Waals surface area (Å²) < 4.78 is 0. The average Bonchev–Trinajstić information content (AvgIpc) is 3.51. The molecule has 1 nitrogen and oxygen atoms in total. The Morgan fingerprint density at radius 1 is 0.509 bits per heavy atom. The van der Waals surface area contributed by atoms with Gasteiger partial charge in [-0.05, 0) is 128 Å². The Bertz CT molecular complexity index is 2600. The molecule has 0 aromatic heterocycles. The second kappa shape index (κ2) is 16.4. The largest absolute Gasteiger partial charge is 0.311 e. The van der Waals surface area contributed by atoms with Gasteiger partial charge >= 0.3 is 0 Å². The van der Waals surface area contributed by atoms with Gasteiger partial charge < -0.3 is 4.90 Å². The molecule has 0 radical (unpaired) electrons. The fraction of sp³-hybridized carbons (Fsp3) is 0.0370. The van der Waals surface area contributed by atoms with Crippen molar-refractivity contribution in [2.45, 2.75) is 13.3 Å². The topological polar surface area (TPSA) is 3.24 Å². The second-order valence-corrected chi connectivity index (χ2v) is 13.8. The smallest absolute Gasteiger partial charge is 0.0462 e. The molecule has 0 fully saturated rings. The minimum absolute atomic E-state index is 0.864. The quantitative estimate of drug-likeness (QED) is 0.128. The van der Waals surface area contributed by atoms with Gasteiger partial charge in [0.05, 0.1) is 0 Å². The van der Waals surface area contributed by atoms with Crippen LogP contribution in [-0.4, -0.2) is 0 Å². The van der Waals surface area contributed by atoms with Crippen LogP contribution in [0.3, 0.4) is 0 Å². The number of rotatable bonds is 10. The number of nitrogens with zero attached hydrogens (tertiary/aromatic N) is 1. The molecule has 55 heavy (non-hydrogen) atoms. The zero-order valence-electron chi connectivity index (χ0n) is 31.1. The zero-order chi connectivity index (χ0) is 37.4. The highest BCUT2D eigenvalue weighted by atomic mass is 15.1. The van der Waals surface area contributed by atoms with Crippen molar-refractivity contribution < 1.29 is 0 Å². The molecule has 0 atom stereocenters. The number of hydrogen-bond acceptors (Lipinski definition) is 1. The van der Waals surface area contributed by atoms with Gasteiger partial charge in [0.15, 0.2) is 0 Å². The van der Waals surface area contributed by atoms with E-state index in [1.165, 1.54) is 66.4 Å². The normalized spacial score (nSPS) is 13.0. The van der Waals surface area contributed by atoms with Gasteiger partial charge in [-0.3, -0.25) is 0 Å². The third-order valence-corrected chi connectivity index (χ3v) is 10.3. The van der Waals surface area contributed by atoms with Crippen LogP contribution in [0.4, 0.5) is 11.4 Å². The predicted molar refractivity (Wildman–Crippen MR) is 237 cm³/mol. The lowest BCUT2D eigenvalue weighted by Gasteiger charge is -2.26. The fourth-order valence-electron chi connectivity index (χ4n) is 7.32. The monoisotopic (exact) mass is 705 g/mol. The van der Waals surface area contributed by atoms with E-state index in [9.17, 15) is 0 Å². The van der Waals surface area contributed by atoms with Crippen LogP contribution in [0.5, 0.6) is 0 Å². The SMILES string of the molecule is C=C/C=C\C=C(/C)C1=CC=C(N(c2ccc(-c3ccccc3)cc2)c2ccc(-c3ccc(-c4ccc5ccccc5c4)c(-c4ccccc4)c3)cc2)C=CC1. The maximum absolute atomic E-state index is 3.80. The van der Waals surface area contributed by atoms with Crippen molar-refractivity contribution in [3.05, 3.63) is 242 Å². The summed E-state index contributed by atoms with van der Waals surface area (Å²) in [5.41, 5.74) is 15.5. The highest BCUT2D eigenvalue weighted by Gasteiger charge is 2.16. The van der Waals surface area contributed by atoms with Crippen molar-refractivity contribution in [2.75, 3.05) is 4.90 Å². The Morgan fingerprint density at radius 2 is 1.09 bits per heavy atom. The number of allylic oxidation sites excluding steroid dienone is 10. The third kappa shape index (κ3) is 7.88. The molecule has 1 aliphatic rings. The first-order valence-corrected chi connectivity index (χ1v) is 18.9. The summed E-state index contributed by atoms with van der Waals surface area (Å²) in [5, 5.41) is 2.50. The fourth-order valence-corrected chi connectivity index (χ4v) is 7.32. The van der Waals surface area contributed by atoms with Crippen LogP contribution in [0.15, 0.2) is 242 Å². The Hall–Kier alpha value is -6.96. The van der Waals surface area contributed by atoms with E-state index < -0.39 is 0 Å². The summed E-state index contributed by atoms with van der Waals surface area (Å²) in [6.45, 7) is 5.97. The van der Waals surface area contributed by atoms with Crippen LogP contribution in [0.25, 0.3) is 55.3 Å². The molecule has 0 bridgehead atoms. The molecule has 1 aliphatic carbocycles. The van der Waals surface area contributed by atoms with E-state index >= 15 is 0 Å². The number of fused-ring (bicyclic) bond motifs is 1. The molecule has 264 valence electrons. The van der Waals surface area contributed by atoms with Crippen molar-refractivity contribution in [1.29, 1.82) is 0 Å². The Labute approximate surface area is 325 Å². The van der Waals surface area contributed by atoms with Crippen LogP contribution in [0.2, 0.25) is 0 Å². The lowest BCUT2D eigenvalue weighted by molar-refractivity contribution is 1.20. The number of hydrogen-bond donors (Lipinski definition) is 0. The lowest BCUT2D eigenvalue weighted by atomic mass is 9.90. The van der Waals surface area contributed by atoms with Gasteiger partial charge in [-0.1, -0.05) is 176 Å². The van der Waals surface area contributed by atoms with Crippen molar-refractivity contribution in [3.63, 3.8) is 0 Å². The van der Waals surface area contributed by atoms with Crippen LogP contribution in [0, 0.1) is 0 Å². The van der Waals surface area contributed by atoms with Crippen molar-refractivity contribution in [1.82, 2.24) is 0 Å². The standard InChI is InChI=1S/C54H43N/c1-3-4-7-15-40(2)41-22-14-23-50(32-26-41)55(51-33-27-44(28-34-51)42-16-8-5-9-17-42)52-35-29-45(30-36-52)48-31-37-53(54(39-48)46-19-10-6-11-20-46)49-25-24-43-18-12-13-21-47(43)38-49/h3-21,23-39H,1,22H2,2H3/b7-4-,40-15+. The molecule has 0 N–H and O–H groups in total. The van der Waals surface area contributed by atoms with E-state index in [4.69, 9.17) is 0 Å². The molecule has 0 spiro atoms. The van der Waals surface area contributed by atoms with Gasteiger partial charge in [0.25, 0.3) is 0 Å². The van der Waals surface area contributed by atoms with Crippen molar-refractivity contribution in [3.8, 4) is 44.5 Å². The molecular formula is C54H43N. The summed E-state index contributed by atoms with van der Waals surface area (Å²) in [5.74, 6) is 0. The first-order valence-electron chi connectivity index (χ1n) is 18.9. The first kappa shape index (κ1) is 35.1. The summed E-state index contributed by atoms with van der Waals surface area (Å²) in [4.78, 5) is 2.35. The maximum Gasteiger partial charge on any atom is 0.0462 e. The van der Waals surface area contributed by atoms with Gasteiger partial charge in [-0.15, -0.1) is 0 Å². The van der Waals surface area contributed by atoms with Crippen LogP contribution >= 0.6 is 0 Å². The molecule has 7 aromatic rings. The summed E-state index contributed by atoms with van der Waals surface area (Å²) >= 11 is 0. The van der Waals surface area contributed by atoms with Crippen LogP contribution < -0.4 is 4.90 Å². The van der Waals surface area contributed by atoms with Crippen LogP contribution in [-0.2, 0) is 0 Å². The average molecular weight is 706 g/mol. The molecular weight excluding hydrogens is 663 g/mol. The highest BCUT2D eigenvalue weighted by molar-refractivity contribution is 5.93. The van der Waals surface area contributed by atoms with E-state index in [-0.39, 0.29) is 0 Å². The first-order chi connectivity index (χ1) is 27.1. The molecule has 0 amide bonds. The van der Waals surface area contributed by atoms with Gasteiger partial charge in [-0.2, -0.15) is 0 Å². The van der Waals surface area contributed by atoms with E-state index in [2.05, 4.69) is 219 Å². The van der Waals surface area contributed by atoms with Crippen LogP contribution in [0.1, 0.15) is 13.3 Å².